The fourth-order valence-corrected chi connectivity index (χ4v) is 3.89. The van der Waals surface area contributed by atoms with Crippen molar-refractivity contribution >= 4 is 9.84 Å². The maximum atomic E-state index is 11.9. The number of ether oxygens (including phenoxy) is 1. The Kier molecular flexibility index (Phi) is 1.45. The van der Waals surface area contributed by atoms with Gasteiger partial charge in [-0.2, -0.15) is 0 Å². The molecule has 1 aliphatic carbocycles. The van der Waals surface area contributed by atoms with E-state index in [1.807, 2.05) is 6.92 Å². The maximum Gasteiger partial charge on any atom is 0.165 e. The summed E-state index contributed by atoms with van der Waals surface area (Å²) in [5, 5.41) is 0. The zero-order valence-electron chi connectivity index (χ0n) is 7.46. The summed E-state index contributed by atoms with van der Waals surface area (Å²) in [5.41, 5.74) is 0. The van der Waals surface area contributed by atoms with E-state index in [-0.39, 0.29) is 0 Å². The van der Waals surface area contributed by atoms with E-state index in [2.05, 4.69) is 0 Å². The van der Waals surface area contributed by atoms with E-state index in [1.54, 1.807) is 6.92 Å². The van der Waals surface area contributed by atoms with Crippen molar-refractivity contribution in [2.24, 2.45) is 0 Å². The van der Waals surface area contributed by atoms with E-state index >= 15 is 0 Å². The molecule has 2 aliphatic rings. The quantitative estimate of drug-likeness (QED) is 0.645. The topological polar surface area (TPSA) is 43.4 Å². The third kappa shape index (κ3) is 0.823. The Morgan fingerprint density at radius 1 is 1.08 bits per heavy atom. The number of sulfone groups is 1. The monoisotopic (exact) mass is 190 g/mol. The first-order valence-corrected chi connectivity index (χ1v) is 5.72. The molecule has 2 fully saturated rings. The SMILES string of the molecule is CC1(S(=O)(=O)C2(C)COC2)CC1. The molecule has 12 heavy (non-hydrogen) atoms. The highest BCUT2D eigenvalue weighted by Crippen LogP contribution is 2.49. The summed E-state index contributed by atoms with van der Waals surface area (Å²) in [4.78, 5) is 0. The lowest BCUT2D eigenvalue weighted by atomic mass is 10.1. The van der Waals surface area contributed by atoms with Gasteiger partial charge in [0.15, 0.2) is 9.84 Å². The van der Waals surface area contributed by atoms with Gasteiger partial charge in [0.2, 0.25) is 0 Å². The van der Waals surface area contributed by atoms with Crippen molar-refractivity contribution in [1.29, 1.82) is 0 Å². The summed E-state index contributed by atoms with van der Waals surface area (Å²) in [6, 6.07) is 0. The maximum absolute atomic E-state index is 11.9. The Bertz CT molecular complexity index is 296. The standard InChI is InChI=1S/C8H14O3S/c1-7(3-4-7)12(9,10)8(2)5-11-6-8/h3-6H2,1-2H3. The van der Waals surface area contributed by atoms with Gasteiger partial charge >= 0.3 is 0 Å². The molecule has 0 unspecified atom stereocenters. The van der Waals surface area contributed by atoms with E-state index in [1.165, 1.54) is 0 Å². The van der Waals surface area contributed by atoms with Gasteiger partial charge in [-0.25, -0.2) is 8.42 Å². The fourth-order valence-electron chi connectivity index (χ4n) is 1.58. The molecular weight excluding hydrogens is 176 g/mol. The summed E-state index contributed by atoms with van der Waals surface area (Å²) in [5.74, 6) is 0. The van der Waals surface area contributed by atoms with Crippen LogP contribution in [-0.2, 0) is 14.6 Å². The molecule has 3 nitrogen and oxygen atoms in total. The molecule has 1 aliphatic heterocycles. The van der Waals surface area contributed by atoms with Crippen molar-refractivity contribution in [2.45, 2.75) is 36.2 Å². The third-order valence-corrected chi connectivity index (χ3v) is 6.31. The van der Waals surface area contributed by atoms with Crippen LogP contribution in [0.3, 0.4) is 0 Å². The molecule has 0 bridgehead atoms. The molecule has 1 heterocycles. The summed E-state index contributed by atoms with van der Waals surface area (Å²) in [7, 11) is -2.95. The molecule has 0 aromatic heterocycles. The zero-order chi connectivity index (χ0) is 9.04. The second-order valence-electron chi connectivity index (χ2n) is 4.40. The predicted molar refractivity (Wildman–Crippen MR) is 45.8 cm³/mol. The first-order chi connectivity index (χ1) is 5.41. The second kappa shape index (κ2) is 2.04. The van der Waals surface area contributed by atoms with Crippen LogP contribution < -0.4 is 0 Å². The molecule has 0 spiro atoms. The van der Waals surface area contributed by atoms with Crippen molar-refractivity contribution in [2.75, 3.05) is 13.2 Å². The van der Waals surface area contributed by atoms with Crippen LogP contribution in [0.4, 0.5) is 0 Å². The van der Waals surface area contributed by atoms with Gasteiger partial charge in [-0.05, 0) is 26.7 Å². The molecule has 0 aromatic rings. The van der Waals surface area contributed by atoms with Gasteiger partial charge in [0.25, 0.3) is 0 Å². The van der Waals surface area contributed by atoms with Crippen LogP contribution in [0.5, 0.6) is 0 Å². The summed E-state index contributed by atoms with van der Waals surface area (Å²) in [6.07, 6.45) is 1.65. The first kappa shape index (κ1) is 8.51. The zero-order valence-corrected chi connectivity index (χ0v) is 8.28. The molecule has 1 saturated carbocycles. The molecule has 1 saturated heterocycles. The number of hydrogen-bond acceptors (Lipinski definition) is 3. The smallest absolute Gasteiger partial charge is 0.165 e. The predicted octanol–water partition coefficient (Wildman–Crippen LogP) is 0.743. The molecule has 0 atom stereocenters. The second-order valence-corrected chi connectivity index (χ2v) is 7.37. The summed E-state index contributed by atoms with van der Waals surface area (Å²) >= 11 is 0. The average molecular weight is 190 g/mol. The van der Waals surface area contributed by atoms with E-state index in [4.69, 9.17) is 4.74 Å². The van der Waals surface area contributed by atoms with Crippen LogP contribution in [0.15, 0.2) is 0 Å². The molecule has 0 amide bonds. The van der Waals surface area contributed by atoms with Gasteiger partial charge in [0.1, 0.15) is 4.75 Å². The van der Waals surface area contributed by atoms with Crippen LogP contribution >= 0.6 is 0 Å². The number of hydrogen-bond donors (Lipinski definition) is 0. The Balaban J connectivity index is 2.32. The Labute approximate surface area is 73.0 Å². The van der Waals surface area contributed by atoms with Crippen molar-refractivity contribution in [3.05, 3.63) is 0 Å². The lowest BCUT2D eigenvalue weighted by molar-refractivity contribution is -0.00542. The highest BCUT2D eigenvalue weighted by atomic mass is 32.2. The van der Waals surface area contributed by atoms with Gasteiger partial charge < -0.3 is 4.74 Å². The Morgan fingerprint density at radius 3 is 1.83 bits per heavy atom. The molecule has 0 radical (unpaired) electrons. The van der Waals surface area contributed by atoms with Crippen molar-refractivity contribution in [3.8, 4) is 0 Å². The van der Waals surface area contributed by atoms with Crippen LogP contribution in [0, 0.1) is 0 Å². The molecular formula is C8H14O3S. The summed E-state index contributed by atoms with van der Waals surface area (Å²) < 4.78 is 27.8. The van der Waals surface area contributed by atoms with Crippen molar-refractivity contribution < 1.29 is 13.2 Å². The minimum atomic E-state index is -2.95. The molecule has 0 aromatic carbocycles. The number of rotatable bonds is 2. The van der Waals surface area contributed by atoms with Gasteiger partial charge in [-0.15, -0.1) is 0 Å². The van der Waals surface area contributed by atoms with Crippen LogP contribution in [0.25, 0.3) is 0 Å². The van der Waals surface area contributed by atoms with Gasteiger partial charge in [-0.3, -0.25) is 0 Å². The van der Waals surface area contributed by atoms with Gasteiger partial charge in [0.05, 0.1) is 18.0 Å². The Morgan fingerprint density at radius 2 is 1.58 bits per heavy atom. The largest absolute Gasteiger partial charge is 0.378 e. The minimum Gasteiger partial charge on any atom is -0.378 e. The van der Waals surface area contributed by atoms with Gasteiger partial charge in [0, 0.05) is 0 Å². The average Bonchev–Trinajstić information content (AvgIpc) is 2.64. The highest BCUT2D eigenvalue weighted by Gasteiger charge is 2.60. The third-order valence-electron chi connectivity index (χ3n) is 3.07. The highest BCUT2D eigenvalue weighted by molar-refractivity contribution is 7.94. The molecule has 4 heteroatoms. The molecule has 0 N–H and O–H groups in total. The Hall–Kier alpha value is -0.0900. The molecule has 2 rings (SSSR count). The van der Waals surface area contributed by atoms with Crippen LogP contribution in [-0.4, -0.2) is 31.1 Å². The molecule has 70 valence electrons. The normalized spacial score (nSPS) is 30.8. The van der Waals surface area contributed by atoms with Crippen LogP contribution in [0.2, 0.25) is 0 Å². The minimum absolute atomic E-state index is 0.380. The first-order valence-electron chi connectivity index (χ1n) is 4.23. The van der Waals surface area contributed by atoms with Crippen molar-refractivity contribution in [3.63, 3.8) is 0 Å². The fraction of sp³-hybridized carbons (Fsp3) is 1.00. The van der Waals surface area contributed by atoms with E-state index in [9.17, 15) is 8.42 Å². The van der Waals surface area contributed by atoms with E-state index in [0.29, 0.717) is 13.2 Å². The summed E-state index contributed by atoms with van der Waals surface area (Å²) in [6.45, 7) is 4.39. The van der Waals surface area contributed by atoms with E-state index in [0.717, 1.165) is 12.8 Å². The van der Waals surface area contributed by atoms with E-state index < -0.39 is 19.3 Å². The lowest BCUT2D eigenvalue weighted by Gasteiger charge is -2.39. The van der Waals surface area contributed by atoms with Crippen LogP contribution in [0.1, 0.15) is 26.7 Å². The van der Waals surface area contributed by atoms with Gasteiger partial charge in [-0.1, -0.05) is 0 Å². The van der Waals surface area contributed by atoms with Crippen molar-refractivity contribution in [1.82, 2.24) is 0 Å². The lowest BCUT2D eigenvalue weighted by Crippen LogP contribution is -2.56.